The summed E-state index contributed by atoms with van der Waals surface area (Å²) in [4.78, 5) is 12.1. The molecule has 0 fully saturated rings. The molecule has 0 aliphatic heterocycles. The summed E-state index contributed by atoms with van der Waals surface area (Å²) < 4.78 is 7.64. The summed E-state index contributed by atoms with van der Waals surface area (Å²) in [6.07, 6.45) is 2.40. The molecule has 2 rings (SSSR count). The average molecular weight is 331 g/mol. The minimum atomic E-state index is -0.466. The van der Waals surface area contributed by atoms with Crippen molar-refractivity contribution in [3.63, 3.8) is 0 Å². The van der Waals surface area contributed by atoms with Crippen molar-refractivity contribution < 1.29 is 14.1 Å². The van der Waals surface area contributed by atoms with E-state index in [1.165, 1.54) is 0 Å². The SMILES string of the molecule is CC.CCC(C)(C)OC(=O)Nc1cccc2c1ccc[n+]2C(C)C. The van der Waals surface area contributed by atoms with Gasteiger partial charge in [-0.1, -0.05) is 26.8 Å². The van der Waals surface area contributed by atoms with Crippen LogP contribution in [-0.2, 0) is 4.74 Å². The van der Waals surface area contributed by atoms with Crippen molar-refractivity contribution in [2.75, 3.05) is 5.32 Å². The summed E-state index contributed by atoms with van der Waals surface area (Å²) in [5, 5.41) is 3.87. The van der Waals surface area contributed by atoms with E-state index in [-0.39, 0.29) is 0 Å². The highest BCUT2D eigenvalue weighted by Gasteiger charge is 2.21. The maximum absolute atomic E-state index is 12.1. The Balaban J connectivity index is 0.00000139. The number of anilines is 1. The minimum Gasteiger partial charge on any atom is -0.443 e. The van der Waals surface area contributed by atoms with Gasteiger partial charge in [0.2, 0.25) is 5.52 Å². The van der Waals surface area contributed by atoms with Gasteiger partial charge in [0.05, 0.1) is 11.1 Å². The largest absolute Gasteiger partial charge is 0.443 e. The van der Waals surface area contributed by atoms with Crippen molar-refractivity contribution in [1.29, 1.82) is 0 Å². The van der Waals surface area contributed by atoms with E-state index < -0.39 is 11.7 Å². The molecular formula is C20H31N2O2+. The lowest BCUT2D eigenvalue weighted by atomic mass is 10.1. The number of aromatic nitrogens is 1. The first-order valence-electron chi connectivity index (χ1n) is 8.77. The second kappa shape index (κ2) is 8.67. The molecule has 132 valence electrons. The number of carbonyl (C=O) groups is 1. The maximum Gasteiger partial charge on any atom is 0.412 e. The number of carbonyl (C=O) groups excluding carboxylic acids is 1. The zero-order valence-electron chi connectivity index (χ0n) is 16.0. The van der Waals surface area contributed by atoms with Crippen LogP contribution in [0.4, 0.5) is 10.5 Å². The van der Waals surface area contributed by atoms with Crippen LogP contribution in [0, 0.1) is 0 Å². The normalized spacial score (nSPS) is 11.0. The third kappa shape index (κ3) is 4.95. The summed E-state index contributed by atoms with van der Waals surface area (Å²) in [5.74, 6) is 0. The monoisotopic (exact) mass is 331 g/mol. The van der Waals surface area contributed by atoms with Gasteiger partial charge in [0.1, 0.15) is 5.60 Å². The van der Waals surface area contributed by atoms with E-state index in [0.29, 0.717) is 6.04 Å². The fourth-order valence-electron chi connectivity index (χ4n) is 2.28. The van der Waals surface area contributed by atoms with Gasteiger partial charge in [-0.05, 0) is 46.2 Å². The second-order valence-corrected chi connectivity index (χ2v) is 6.38. The van der Waals surface area contributed by atoms with E-state index in [0.717, 1.165) is 23.0 Å². The summed E-state index contributed by atoms with van der Waals surface area (Å²) in [6.45, 7) is 14.1. The predicted octanol–water partition coefficient (Wildman–Crippen LogP) is 5.47. The van der Waals surface area contributed by atoms with Gasteiger partial charge in [-0.25, -0.2) is 4.79 Å². The molecule has 0 saturated carbocycles. The first-order chi connectivity index (χ1) is 11.3. The number of fused-ring (bicyclic) bond motifs is 1. The molecule has 0 aliphatic rings. The van der Waals surface area contributed by atoms with Crippen LogP contribution in [0.25, 0.3) is 10.9 Å². The fraction of sp³-hybridized carbons (Fsp3) is 0.500. The number of rotatable bonds is 4. The van der Waals surface area contributed by atoms with Crippen molar-refractivity contribution in [2.24, 2.45) is 0 Å². The molecule has 1 aromatic carbocycles. The number of pyridine rings is 1. The molecule has 0 radical (unpaired) electrons. The summed E-state index contributed by atoms with van der Waals surface area (Å²) in [6, 6.07) is 10.3. The van der Waals surface area contributed by atoms with Gasteiger partial charge < -0.3 is 4.74 Å². The number of benzene rings is 1. The molecule has 2 aromatic rings. The Morgan fingerprint density at radius 1 is 1.21 bits per heavy atom. The third-order valence-electron chi connectivity index (χ3n) is 3.88. The molecule has 1 N–H and O–H groups in total. The van der Waals surface area contributed by atoms with Crippen molar-refractivity contribution in [3.8, 4) is 0 Å². The lowest BCUT2D eigenvalue weighted by Crippen LogP contribution is -2.36. The summed E-state index contributed by atoms with van der Waals surface area (Å²) >= 11 is 0. The van der Waals surface area contributed by atoms with Gasteiger partial charge in [0, 0.05) is 12.1 Å². The van der Waals surface area contributed by atoms with Crippen LogP contribution < -0.4 is 9.88 Å². The molecule has 0 saturated heterocycles. The first-order valence-corrected chi connectivity index (χ1v) is 8.77. The fourth-order valence-corrected chi connectivity index (χ4v) is 2.28. The smallest absolute Gasteiger partial charge is 0.412 e. The van der Waals surface area contributed by atoms with Crippen LogP contribution in [0.2, 0.25) is 0 Å². The number of hydrogen-bond acceptors (Lipinski definition) is 2. The summed E-state index contributed by atoms with van der Waals surface area (Å²) in [7, 11) is 0. The molecule has 4 heteroatoms. The molecule has 0 unspecified atom stereocenters. The molecule has 0 atom stereocenters. The number of nitrogens with one attached hydrogen (secondary N) is 1. The molecule has 4 nitrogen and oxygen atoms in total. The van der Waals surface area contributed by atoms with Gasteiger partial charge >= 0.3 is 6.09 Å². The van der Waals surface area contributed by atoms with Crippen molar-refractivity contribution in [1.82, 2.24) is 0 Å². The van der Waals surface area contributed by atoms with E-state index in [1.807, 2.05) is 58.9 Å². The molecule has 1 aromatic heterocycles. The molecule has 0 spiro atoms. The zero-order valence-corrected chi connectivity index (χ0v) is 16.0. The maximum atomic E-state index is 12.1. The highest BCUT2D eigenvalue weighted by Crippen LogP contribution is 2.23. The molecule has 24 heavy (non-hydrogen) atoms. The van der Waals surface area contributed by atoms with E-state index >= 15 is 0 Å². The number of hydrogen-bond donors (Lipinski definition) is 1. The van der Waals surface area contributed by atoms with Crippen molar-refractivity contribution in [2.45, 2.75) is 66.5 Å². The quantitative estimate of drug-likeness (QED) is 0.755. The van der Waals surface area contributed by atoms with Gasteiger partial charge in [0.15, 0.2) is 12.2 Å². The van der Waals surface area contributed by atoms with Crippen LogP contribution in [0.3, 0.4) is 0 Å². The minimum absolute atomic E-state index is 0.352. The Kier molecular flexibility index (Phi) is 7.20. The molecule has 0 aliphatic carbocycles. The molecule has 1 heterocycles. The second-order valence-electron chi connectivity index (χ2n) is 6.38. The Hall–Kier alpha value is -2.10. The lowest BCUT2D eigenvalue weighted by molar-refractivity contribution is -0.691. The van der Waals surface area contributed by atoms with Gasteiger partial charge in [-0.3, -0.25) is 5.32 Å². The van der Waals surface area contributed by atoms with Crippen LogP contribution in [0.1, 0.15) is 60.9 Å². The van der Waals surface area contributed by atoms with E-state index in [4.69, 9.17) is 4.74 Å². The molecular weight excluding hydrogens is 300 g/mol. The van der Waals surface area contributed by atoms with Gasteiger partial charge in [-0.2, -0.15) is 4.57 Å². The Morgan fingerprint density at radius 3 is 2.46 bits per heavy atom. The Labute approximate surface area is 145 Å². The van der Waals surface area contributed by atoms with Crippen LogP contribution in [-0.4, -0.2) is 11.7 Å². The van der Waals surface area contributed by atoms with Crippen LogP contribution >= 0.6 is 0 Å². The Morgan fingerprint density at radius 2 is 1.88 bits per heavy atom. The van der Waals surface area contributed by atoms with E-state index in [1.54, 1.807) is 0 Å². The summed E-state index contributed by atoms with van der Waals surface area (Å²) in [5.41, 5.74) is 1.39. The van der Waals surface area contributed by atoms with Gasteiger partial charge in [-0.15, -0.1) is 0 Å². The lowest BCUT2D eigenvalue weighted by Gasteiger charge is -2.23. The highest BCUT2D eigenvalue weighted by molar-refractivity contribution is 5.97. The van der Waals surface area contributed by atoms with Gasteiger partial charge in [0.25, 0.3) is 0 Å². The standard InChI is InChI=1S/C18H24N2O2.C2H6/c1-6-18(4,5)22-17(21)19-15-10-7-11-16-14(15)9-8-12-20(16)13(2)3;1-2/h7-13H,6H2,1-5H3;1-2H3/p+1. The zero-order chi connectivity index (χ0) is 18.3. The van der Waals surface area contributed by atoms with E-state index in [2.05, 4.69) is 36.0 Å². The van der Waals surface area contributed by atoms with E-state index in [9.17, 15) is 4.79 Å². The predicted molar refractivity (Wildman–Crippen MR) is 100 cm³/mol. The number of nitrogens with zero attached hydrogens (tertiary/aromatic N) is 1. The molecule has 1 amide bonds. The van der Waals surface area contributed by atoms with Crippen LogP contribution in [0.15, 0.2) is 36.5 Å². The third-order valence-corrected chi connectivity index (χ3v) is 3.88. The first kappa shape index (κ1) is 19.9. The Bertz CT molecular complexity index is 678. The number of amides is 1. The number of ether oxygens (including phenoxy) is 1. The highest BCUT2D eigenvalue weighted by atomic mass is 16.6. The topological polar surface area (TPSA) is 42.2 Å². The molecule has 0 bridgehead atoms. The van der Waals surface area contributed by atoms with Crippen molar-refractivity contribution in [3.05, 3.63) is 36.5 Å². The average Bonchev–Trinajstić information content (AvgIpc) is 2.56. The van der Waals surface area contributed by atoms with Crippen molar-refractivity contribution >= 4 is 22.7 Å². The van der Waals surface area contributed by atoms with Crippen LogP contribution in [0.5, 0.6) is 0 Å².